The van der Waals surface area contributed by atoms with Gasteiger partial charge < -0.3 is 20.1 Å². The van der Waals surface area contributed by atoms with E-state index >= 15 is 0 Å². The van der Waals surface area contributed by atoms with Gasteiger partial charge in [-0.15, -0.1) is 0 Å². The van der Waals surface area contributed by atoms with Gasteiger partial charge in [-0.25, -0.2) is 0 Å². The molecule has 1 saturated carbocycles. The molecule has 1 heterocycles. The van der Waals surface area contributed by atoms with Crippen LogP contribution in [0.5, 0.6) is 5.75 Å². The first kappa shape index (κ1) is 15.3. The van der Waals surface area contributed by atoms with Gasteiger partial charge in [0.1, 0.15) is 12.4 Å². The van der Waals surface area contributed by atoms with Crippen LogP contribution in [-0.2, 0) is 9.53 Å². The number of rotatable bonds is 8. The zero-order valence-electron chi connectivity index (χ0n) is 12.8. The van der Waals surface area contributed by atoms with E-state index in [1.54, 1.807) is 0 Å². The molecular formula is C17H24N2O3. The molecule has 1 aliphatic heterocycles. The lowest BCUT2D eigenvalue weighted by Crippen LogP contribution is -2.29. The zero-order chi connectivity index (χ0) is 15.2. The highest BCUT2D eigenvalue weighted by Gasteiger charge is 2.20. The first-order valence-electron chi connectivity index (χ1n) is 8.14. The Labute approximate surface area is 131 Å². The Balaban J connectivity index is 1.41. The number of ether oxygens (including phenoxy) is 2. The summed E-state index contributed by atoms with van der Waals surface area (Å²) in [5, 5.41) is 6.08. The summed E-state index contributed by atoms with van der Waals surface area (Å²) in [6, 6.07) is 7.51. The Morgan fingerprint density at radius 1 is 1.32 bits per heavy atom. The Bertz CT molecular complexity index is 496. The summed E-state index contributed by atoms with van der Waals surface area (Å²) < 4.78 is 11.3. The van der Waals surface area contributed by atoms with Gasteiger partial charge in [0.15, 0.2) is 0 Å². The van der Waals surface area contributed by atoms with Gasteiger partial charge in [0.05, 0.1) is 12.6 Å². The predicted molar refractivity (Wildman–Crippen MR) is 85.1 cm³/mol. The molecule has 1 aliphatic carbocycles. The summed E-state index contributed by atoms with van der Waals surface area (Å²) in [7, 11) is 0. The van der Waals surface area contributed by atoms with Crippen molar-refractivity contribution in [1.29, 1.82) is 0 Å². The smallest absolute Gasteiger partial charge is 0.238 e. The number of carbonyl (C=O) groups is 1. The topological polar surface area (TPSA) is 59.6 Å². The van der Waals surface area contributed by atoms with E-state index in [-0.39, 0.29) is 12.0 Å². The standard InChI is InChI=1S/C17H24N2O3/c20-17(11-18-10-13-6-7-13)19-14-3-1-4-15(9-14)22-12-16-5-2-8-21-16/h1,3-4,9,13,16,18H,2,5-8,10-12H2,(H,19,20). The van der Waals surface area contributed by atoms with E-state index in [4.69, 9.17) is 9.47 Å². The molecule has 0 radical (unpaired) electrons. The Kier molecular flexibility index (Phi) is 5.29. The summed E-state index contributed by atoms with van der Waals surface area (Å²) in [5.41, 5.74) is 0.767. The number of hydrogen-bond acceptors (Lipinski definition) is 4. The van der Waals surface area contributed by atoms with Crippen molar-refractivity contribution in [3.05, 3.63) is 24.3 Å². The SMILES string of the molecule is O=C(CNCC1CC1)Nc1cccc(OCC2CCCO2)c1. The molecule has 0 spiro atoms. The maximum Gasteiger partial charge on any atom is 0.238 e. The van der Waals surface area contributed by atoms with Crippen LogP contribution >= 0.6 is 0 Å². The Hall–Kier alpha value is -1.59. The number of hydrogen-bond donors (Lipinski definition) is 2. The molecule has 120 valence electrons. The number of carbonyl (C=O) groups excluding carboxylic acids is 1. The fourth-order valence-electron chi connectivity index (χ4n) is 2.55. The summed E-state index contributed by atoms with van der Waals surface area (Å²) >= 11 is 0. The van der Waals surface area contributed by atoms with Crippen molar-refractivity contribution in [1.82, 2.24) is 5.32 Å². The van der Waals surface area contributed by atoms with E-state index < -0.39 is 0 Å². The minimum absolute atomic E-state index is 0.0167. The number of amides is 1. The molecule has 5 nitrogen and oxygen atoms in total. The number of benzene rings is 1. The van der Waals surface area contributed by atoms with E-state index in [9.17, 15) is 4.79 Å². The summed E-state index contributed by atoms with van der Waals surface area (Å²) in [4.78, 5) is 11.9. The summed E-state index contributed by atoms with van der Waals surface area (Å²) in [6.45, 7) is 2.70. The van der Waals surface area contributed by atoms with E-state index in [2.05, 4.69) is 10.6 Å². The van der Waals surface area contributed by atoms with Crippen LogP contribution in [0.15, 0.2) is 24.3 Å². The maximum atomic E-state index is 11.9. The molecule has 22 heavy (non-hydrogen) atoms. The minimum Gasteiger partial charge on any atom is -0.491 e. The average molecular weight is 304 g/mol. The minimum atomic E-state index is -0.0167. The molecule has 2 fully saturated rings. The van der Waals surface area contributed by atoms with Gasteiger partial charge in [0.2, 0.25) is 5.91 Å². The number of nitrogens with one attached hydrogen (secondary N) is 2. The van der Waals surface area contributed by atoms with Gasteiger partial charge in [-0.1, -0.05) is 6.07 Å². The van der Waals surface area contributed by atoms with Crippen LogP contribution in [0.2, 0.25) is 0 Å². The molecule has 1 amide bonds. The Morgan fingerprint density at radius 2 is 2.23 bits per heavy atom. The average Bonchev–Trinajstić information content (AvgIpc) is 3.18. The van der Waals surface area contributed by atoms with Crippen molar-refractivity contribution in [2.24, 2.45) is 5.92 Å². The monoisotopic (exact) mass is 304 g/mol. The molecule has 0 bridgehead atoms. The second kappa shape index (κ2) is 7.61. The van der Waals surface area contributed by atoms with Crippen LogP contribution in [0.1, 0.15) is 25.7 Å². The van der Waals surface area contributed by atoms with Crippen LogP contribution in [0.25, 0.3) is 0 Å². The first-order chi connectivity index (χ1) is 10.8. The third kappa shape index (κ3) is 5.00. The van der Waals surface area contributed by atoms with Crippen molar-refractivity contribution in [3.63, 3.8) is 0 Å². The highest BCUT2D eigenvalue weighted by atomic mass is 16.5. The fourth-order valence-corrected chi connectivity index (χ4v) is 2.55. The van der Waals surface area contributed by atoms with Gasteiger partial charge in [0.25, 0.3) is 0 Å². The van der Waals surface area contributed by atoms with Crippen LogP contribution in [-0.4, -0.2) is 38.3 Å². The number of anilines is 1. The van der Waals surface area contributed by atoms with Gasteiger partial charge in [-0.3, -0.25) is 4.79 Å². The van der Waals surface area contributed by atoms with Crippen LogP contribution < -0.4 is 15.4 Å². The fraction of sp³-hybridized carbons (Fsp3) is 0.588. The van der Waals surface area contributed by atoms with Gasteiger partial charge in [-0.2, -0.15) is 0 Å². The second-order valence-corrected chi connectivity index (χ2v) is 6.10. The van der Waals surface area contributed by atoms with Crippen LogP contribution in [0.4, 0.5) is 5.69 Å². The first-order valence-corrected chi connectivity index (χ1v) is 8.14. The van der Waals surface area contributed by atoms with E-state index in [1.807, 2.05) is 24.3 Å². The molecule has 1 saturated heterocycles. The molecule has 1 aromatic rings. The molecule has 2 aliphatic rings. The van der Waals surface area contributed by atoms with E-state index in [0.29, 0.717) is 13.2 Å². The third-order valence-electron chi connectivity index (χ3n) is 3.99. The summed E-state index contributed by atoms with van der Waals surface area (Å²) in [6.07, 6.45) is 4.95. The lowest BCUT2D eigenvalue weighted by atomic mass is 10.2. The molecule has 2 N–H and O–H groups in total. The molecule has 5 heteroatoms. The summed E-state index contributed by atoms with van der Waals surface area (Å²) in [5.74, 6) is 1.53. The predicted octanol–water partition coefficient (Wildman–Crippen LogP) is 2.18. The highest BCUT2D eigenvalue weighted by molar-refractivity contribution is 5.92. The molecule has 1 unspecified atom stereocenters. The van der Waals surface area contributed by atoms with Crippen molar-refractivity contribution >= 4 is 11.6 Å². The maximum absolute atomic E-state index is 11.9. The molecular weight excluding hydrogens is 280 g/mol. The quantitative estimate of drug-likeness (QED) is 0.773. The van der Waals surface area contributed by atoms with Gasteiger partial charge in [-0.05, 0) is 50.3 Å². The van der Waals surface area contributed by atoms with Crippen molar-refractivity contribution < 1.29 is 14.3 Å². The third-order valence-corrected chi connectivity index (χ3v) is 3.99. The van der Waals surface area contributed by atoms with Gasteiger partial charge in [0, 0.05) is 18.4 Å². The second-order valence-electron chi connectivity index (χ2n) is 6.10. The van der Waals surface area contributed by atoms with Crippen LogP contribution in [0.3, 0.4) is 0 Å². The largest absolute Gasteiger partial charge is 0.491 e. The molecule has 1 atom stereocenters. The molecule has 1 aromatic carbocycles. The van der Waals surface area contributed by atoms with E-state index in [0.717, 1.165) is 43.3 Å². The van der Waals surface area contributed by atoms with E-state index in [1.165, 1.54) is 12.8 Å². The Morgan fingerprint density at radius 3 is 3.00 bits per heavy atom. The van der Waals surface area contributed by atoms with Crippen LogP contribution in [0, 0.1) is 5.92 Å². The zero-order valence-corrected chi connectivity index (χ0v) is 12.8. The molecule has 0 aromatic heterocycles. The normalized spacial score (nSPS) is 20.8. The van der Waals surface area contributed by atoms with Crippen molar-refractivity contribution in [2.75, 3.05) is 31.6 Å². The van der Waals surface area contributed by atoms with Gasteiger partial charge >= 0.3 is 0 Å². The molecule has 3 rings (SSSR count). The van der Waals surface area contributed by atoms with Crippen molar-refractivity contribution in [3.8, 4) is 5.75 Å². The highest BCUT2D eigenvalue weighted by Crippen LogP contribution is 2.27. The van der Waals surface area contributed by atoms with Crippen molar-refractivity contribution in [2.45, 2.75) is 31.8 Å². The lowest BCUT2D eigenvalue weighted by molar-refractivity contribution is -0.115. The lowest BCUT2D eigenvalue weighted by Gasteiger charge is -2.12.